The van der Waals surface area contributed by atoms with Crippen molar-refractivity contribution in [1.29, 1.82) is 5.26 Å². The zero-order valence-electron chi connectivity index (χ0n) is 12.8. The Morgan fingerprint density at radius 3 is 2.76 bits per heavy atom. The maximum absolute atomic E-state index is 13.1. The molecule has 2 aromatic rings. The predicted molar refractivity (Wildman–Crippen MR) is 85.8 cm³/mol. The van der Waals surface area contributed by atoms with Crippen molar-refractivity contribution in [3.05, 3.63) is 45.6 Å². The van der Waals surface area contributed by atoms with Gasteiger partial charge in [0.15, 0.2) is 11.5 Å². The van der Waals surface area contributed by atoms with Gasteiger partial charge in [0.2, 0.25) is 6.79 Å². The third kappa shape index (κ3) is 3.62. The Labute approximate surface area is 150 Å². The van der Waals surface area contributed by atoms with E-state index in [4.69, 9.17) is 26.3 Å². The smallest absolute Gasteiger partial charge is 0.417 e. The van der Waals surface area contributed by atoms with E-state index in [1.807, 2.05) is 0 Å². The highest BCUT2D eigenvalue weighted by molar-refractivity contribution is 7.98. The number of aryl methyl sites for hydroxylation is 1. The lowest BCUT2D eigenvalue weighted by molar-refractivity contribution is -0.138. The number of alkyl halides is 3. The minimum Gasteiger partial charge on any atom is -0.454 e. The molecule has 0 saturated heterocycles. The largest absolute Gasteiger partial charge is 0.454 e. The van der Waals surface area contributed by atoms with Crippen LogP contribution in [0.3, 0.4) is 0 Å². The third-order valence-corrected chi connectivity index (χ3v) is 4.72. The number of nitriles is 1. The Hall–Kier alpha value is -2.11. The summed E-state index contributed by atoms with van der Waals surface area (Å²) >= 11 is 7.13. The lowest BCUT2D eigenvalue weighted by atomic mass is 10.1. The second-order valence-electron chi connectivity index (χ2n) is 5.20. The lowest BCUT2D eigenvalue weighted by Crippen LogP contribution is -2.10. The molecule has 0 saturated carbocycles. The maximum atomic E-state index is 13.1. The van der Waals surface area contributed by atoms with Gasteiger partial charge >= 0.3 is 6.18 Å². The molecule has 0 atom stereocenters. The number of pyridine rings is 1. The van der Waals surface area contributed by atoms with Gasteiger partial charge in [0, 0.05) is 11.4 Å². The van der Waals surface area contributed by atoms with Crippen molar-refractivity contribution in [3.8, 4) is 17.6 Å². The summed E-state index contributed by atoms with van der Waals surface area (Å²) in [7, 11) is 0. The van der Waals surface area contributed by atoms with E-state index in [-0.39, 0.29) is 23.3 Å². The van der Waals surface area contributed by atoms with Crippen molar-refractivity contribution < 1.29 is 22.6 Å². The number of hydrogen-bond donors (Lipinski definition) is 0. The average molecular weight is 387 g/mol. The molecule has 25 heavy (non-hydrogen) atoms. The molecule has 130 valence electrons. The summed E-state index contributed by atoms with van der Waals surface area (Å²) in [6.45, 7) is 1.52. The van der Waals surface area contributed by atoms with E-state index in [9.17, 15) is 13.2 Å². The van der Waals surface area contributed by atoms with Gasteiger partial charge in [-0.2, -0.15) is 18.4 Å². The van der Waals surface area contributed by atoms with Crippen molar-refractivity contribution in [1.82, 2.24) is 4.98 Å². The van der Waals surface area contributed by atoms with Crippen LogP contribution >= 0.6 is 23.4 Å². The number of fused-ring (bicyclic) bond motifs is 1. The van der Waals surface area contributed by atoms with Gasteiger partial charge in [-0.15, -0.1) is 11.8 Å². The van der Waals surface area contributed by atoms with E-state index in [0.29, 0.717) is 16.5 Å². The van der Waals surface area contributed by atoms with Crippen molar-refractivity contribution >= 4 is 23.4 Å². The van der Waals surface area contributed by atoms with E-state index < -0.39 is 17.3 Å². The molecule has 0 N–H and O–H groups in total. The fraction of sp³-hybridized carbons (Fsp3) is 0.250. The van der Waals surface area contributed by atoms with Gasteiger partial charge in [-0.05, 0) is 30.7 Å². The minimum atomic E-state index is -4.61. The number of hydrogen-bond acceptors (Lipinski definition) is 5. The summed E-state index contributed by atoms with van der Waals surface area (Å²) in [5.74, 6) is 1.21. The van der Waals surface area contributed by atoms with E-state index in [1.54, 1.807) is 18.2 Å². The Morgan fingerprint density at radius 2 is 2.08 bits per heavy atom. The third-order valence-electron chi connectivity index (χ3n) is 3.39. The van der Waals surface area contributed by atoms with E-state index in [1.165, 1.54) is 6.92 Å². The molecule has 1 aromatic heterocycles. The molecule has 0 fully saturated rings. The highest BCUT2D eigenvalue weighted by Crippen LogP contribution is 2.41. The highest BCUT2D eigenvalue weighted by Gasteiger charge is 2.35. The molecule has 2 heterocycles. The molecule has 0 spiro atoms. The van der Waals surface area contributed by atoms with E-state index >= 15 is 0 Å². The van der Waals surface area contributed by atoms with Crippen molar-refractivity contribution in [2.24, 2.45) is 0 Å². The van der Waals surface area contributed by atoms with Gasteiger partial charge in [0.05, 0.1) is 16.1 Å². The summed E-state index contributed by atoms with van der Waals surface area (Å²) in [6.07, 6.45) is -4.61. The Bertz CT molecular complexity index is 881. The van der Waals surface area contributed by atoms with Gasteiger partial charge < -0.3 is 9.47 Å². The molecular formula is C16H10ClF3N2O2S. The second-order valence-corrected chi connectivity index (χ2v) is 6.57. The SMILES string of the molecule is Cc1cc(C(F)(F)F)c(C#N)c(SCc2cc(Cl)c3c(c2)OCO3)n1. The molecule has 0 radical (unpaired) electrons. The van der Waals surface area contributed by atoms with Crippen molar-refractivity contribution in [2.75, 3.05) is 6.79 Å². The van der Waals surface area contributed by atoms with Crippen LogP contribution in [0.1, 0.15) is 22.4 Å². The van der Waals surface area contributed by atoms with Crippen LogP contribution in [-0.2, 0) is 11.9 Å². The van der Waals surface area contributed by atoms with Gasteiger partial charge in [-0.1, -0.05) is 11.6 Å². The predicted octanol–water partition coefficient (Wildman–Crippen LogP) is 4.95. The molecule has 4 nitrogen and oxygen atoms in total. The van der Waals surface area contributed by atoms with Crippen LogP contribution in [0.2, 0.25) is 5.02 Å². The van der Waals surface area contributed by atoms with Crippen LogP contribution in [0.4, 0.5) is 13.2 Å². The van der Waals surface area contributed by atoms with Gasteiger partial charge in [0.1, 0.15) is 11.1 Å². The number of benzene rings is 1. The number of thioether (sulfide) groups is 1. The van der Waals surface area contributed by atoms with Crippen LogP contribution in [0, 0.1) is 18.3 Å². The number of rotatable bonds is 3. The topological polar surface area (TPSA) is 55.1 Å². The summed E-state index contributed by atoms with van der Waals surface area (Å²) in [6, 6.07) is 5.84. The first-order valence-corrected chi connectivity index (χ1v) is 8.35. The molecule has 0 aliphatic carbocycles. The number of nitrogens with zero attached hydrogens (tertiary/aromatic N) is 2. The van der Waals surface area contributed by atoms with Crippen LogP contribution in [0.25, 0.3) is 0 Å². The molecule has 9 heteroatoms. The zero-order valence-corrected chi connectivity index (χ0v) is 14.3. The van der Waals surface area contributed by atoms with E-state index in [0.717, 1.165) is 23.4 Å². The normalized spacial score (nSPS) is 13.0. The maximum Gasteiger partial charge on any atom is 0.417 e. The summed E-state index contributed by atoms with van der Waals surface area (Å²) < 4.78 is 49.9. The summed E-state index contributed by atoms with van der Waals surface area (Å²) in [5, 5.41) is 9.55. The number of halogens is 4. The summed E-state index contributed by atoms with van der Waals surface area (Å²) in [4.78, 5) is 4.08. The first-order valence-electron chi connectivity index (χ1n) is 6.99. The molecule has 0 unspecified atom stereocenters. The standard InChI is InChI=1S/C16H10ClF3N2O2S/c1-8-2-11(16(18,19)20)10(5-21)15(22-8)25-6-9-3-12(17)14-13(4-9)23-7-24-14/h2-4H,6-7H2,1H3. The zero-order chi connectivity index (χ0) is 18.2. The minimum absolute atomic E-state index is 0.0311. The van der Waals surface area contributed by atoms with Crippen molar-refractivity contribution in [2.45, 2.75) is 23.9 Å². The first kappa shape index (κ1) is 17.7. The Balaban J connectivity index is 1.91. The average Bonchev–Trinajstić information content (AvgIpc) is 3.00. The first-order chi connectivity index (χ1) is 11.8. The quantitative estimate of drug-likeness (QED) is 0.698. The van der Waals surface area contributed by atoms with E-state index in [2.05, 4.69) is 4.98 Å². The van der Waals surface area contributed by atoms with Crippen LogP contribution in [-0.4, -0.2) is 11.8 Å². The van der Waals surface area contributed by atoms with Crippen LogP contribution in [0.5, 0.6) is 11.5 Å². The van der Waals surface area contributed by atoms with Crippen LogP contribution in [0.15, 0.2) is 23.2 Å². The Morgan fingerprint density at radius 1 is 1.32 bits per heavy atom. The number of ether oxygens (including phenoxy) is 2. The fourth-order valence-corrected chi connectivity index (χ4v) is 3.60. The molecular weight excluding hydrogens is 377 g/mol. The highest BCUT2D eigenvalue weighted by atomic mass is 35.5. The van der Waals surface area contributed by atoms with Gasteiger partial charge in [-0.3, -0.25) is 0 Å². The number of aromatic nitrogens is 1. The molecule has 0 bridgehead atoms. The molecule has 1 aliphatic heterocycles. The second kappa shape index (κ2) is 6.65. The summed E-state index contributed by atoms with van der Waals surface area (Å²) in [5.41, 5.74) is -0.541. The molecule has 1 aromatic carbocycles. The van der Waals surface area contributed by atoms with Gasteiger partial charge in [-0.25, -0.2) is 4.98 Å². The lowest BCUT2D eigenvalue weighted by Gasteiger charge is -2.13. The Kier molecular flexibility index (Phi) is 4.71. The van der Waals surface area contributed by atoms with Gasteiger partial charge in [0.25, 0.3) is 0 Å². The molecule has 0 amide bonds. The molecule has 3 rings (SSSR count). The van der Waals surface area contributed by atoms with Crippen LogP contribution < -0.4 is 9.47 Å². The molecule has 1 aliphatic rings. The fourth-order valence-electron chi connectivity index (χ4n) is 2.34. The monoisotopic (exact) mass is 386 g/mol. The van der Waals surface area contributed by atoms with Crippen molar-refractivity contribution in [3.63, 3.8) is 0 Å².